The number of nitrogens with zero attached hydrogens (tertiary/aromatic N) is 3. The lowest BCUT2D eigenvalue weighted by Crippen LogP contribution is -2.53. The zero-order valence-corrected chi connectivity index (χ0v) is 16.0. The summed E-state index contributed by atoms with van der Waals surface area (Å²) in [4.78, 5) is 19.2. The number of piperazine rings is 1. The first-order chi connectivity index (χ1) is 11.0. The first kappa shape index (κ1) is 20.4. The van der Waals surface area contributed by atoms with E-state index in [1.54, 1.807) is 19.0 Å². The van der Waals surface area contributed by atoms with Crippen molar-refractivity contribution in [2.24, 2.45) is 4.99 Å². The quantitative estimate of drug-likeness (QED) is 0.408. The van der Waals surface area contributed by atoms with Crippen LogP contribution in [-0.4, -0.2) is 63.6 Å². The van der Waals surface area contributed by atoms with Crippen LogP contribution in [0.4, 0.5) is 14.5 Å². The molecule has 9 heteroatoms. The Labute approximate surface area is 157 Å². The molecule has 1 aliphatic heterocycles. The molecule has 1 aromatic rings. The lowest BCUT2D eigenvalue weighted by molar-refractivity contribution is -0.119. The molecule has 0 atom stereocenters. The lowest BCUT2D eigenvalue weighted by atomic mass is 10.2. The monoisotopic (exact) mass is 453 g/mol. The van der Waals surface area contributed by atoms with Crippen LogP contribution >= 0.6 is 24.0 Å². The van der Waals surface area contributed by atoms with Crippen LogP contribution in [0.2, 0.25) is 0 Å². The van der Waals surface area contributed by atoms with Gasteiger partial charge >= 0.3 is 0 Å². The predicted octanol–water partition coefficient (Wildman–Crippen LogP) is 1.03. The number of likely N-dealkylation sites (N-methyl/N-ethyl adjacent to an activating group) is 1. The van der Waals surface area contributed by atoms with Crippen LogP contribution in [-0.2, 0) is 4.79 Å². The summed E-state index contributed by atoms with van der Waals surface area (Å²) in [6.45, 7) is 2.43. The van der Waals surface area contributed by atoms with Gasteiger partial charge in [0.25, 0.3) is 0 Å². The molecule has 0 bridgehead atoms. The van der Waals surface area contributed by atoms with Gasteiger partial charge in [-0.05, 0) is 12.1 Å². The van der Waals surface area contributed by atoms with Crippen LogP contribution in [0.3, 0.4) is 0 Å². The number of carbonyl (C=O) groups excluding carboxylic acids is 1. The maximum absolute atomic E-state index is 13.8. The van der Waals surface area contributed by atoms with Gasteiger partial charge < -0.3 is 20.4 Å². The van der Waals surface area contributed by atoms with Gasteiger partial charge in [0.1, 0.15) is 11.6 Å². The van der Waals surface area contributed by atoms with Crippen molar-refractivity contribution in [2.45, 2.75) is 0 Å². The number of nitrogens with one attached hydrogen (secondary N) is 2. The number of aliphatic imine (C=N–C) groups is 1. The van der Waals surface area contributed by atoms with Crippen molar-refractivity contribution in [1.29, 1.82) is 0 Å². The zero-order chi connectivity index (χ0) is 16.8. The Kier molecular flexibility index (Phi) is 8.16. The second-order valence-electron chi connectivity index (χ2n) is 5.14. The second kappa shape index (κ2) is 9.60. The maximum Gasteiger partial charge on any atom is 0.239 e. The van der Waals surface area contributed by atoms with E-state index in [1.165, 1.54) is 6.07 Å². The first-order valence-corrected chi connectivity index (χ1v) is 7.41. The third-order valence-electron chi connectivity index (χ3n) is 3.73. The van der Waals surface area contributed by atoms with Gasteiger partial charge in [-0.1, -0.05) is 0 Å². The highest BCUT2D eigenvalue weighted by atomic mass is 127. The number of hydrogen-bond acceptors (Lipinski definition) is 3. The molecule has 24 heavy (non-hydrogen) atoms. The Morgan fingerprint density at radius 3 is 2.50 bits per heavy atom. The number of carbonyl (C=O) groups is 1. The summed E-state index contributed by atoms with van der Waals surface area (Å²) in [6, 6.07) is 3.46. The lowest BCUT2D eigenvalue weighted by Gasteiger charge is -2.37. The van der Waals surface area contributed by atoms with E-state index in [9.17, 15) is 13.6 Å². The molecule has 1 aliphatic rings. The summed E-state index contributed by atoms with van der Waals surface area (Å²) in [5.74, 6) is -0.395. The van der Waals surface area contributed by atoms with Crippen molar-refractivity contribution in [3.05, 3.63) is 29.8 Å². The number of hydrogen-bond donors (Lipinski definition) is 2. The van der Waals surface area contributed by atoms with Crippen molar-refractivity contribution in [1.82, 2.24) is 15.5 Å². The Morgan fingerprint density at radius 1 is 1.25 bits per heavy atom. The molecule has 6 nitrogen and oxygen atoms in total. The minimum absolute atomic E-state index is 0. The van der Waals surface area contributed by atoms with Gasteiger partial charge in [-0.25, -0.2) is 8.78 Å². The summed E-state index contributed by atoms with van der Waals surface area (Å²) in [6.07, 6.45) is 0. The zero-order valence-electron chi connectivity index (χ0n) is 13.7. The molecule has 1 heterocycles. The van der Waals surface area contributed by atoms with E-state index in [0.29, 0.717) is 32.1 Å². The number of rotatable bonds is 3. The van der Waals surface area contributed by atoms with E-state index in [-0.39, 0.29) is 42.1 Å². The molecule has 1 fully saturated rings. The second-order valence-corrected chi connectivity index (χ2v) is 5.14. The molecule has 1 amide bonds. The van der Waals surface area contributed by atoms with Crippen LogP contribution in [0.25, 0.3) is 0 Å². The fourth-order valence-corrected chi connectivity index (χ4v) is 2.47. The van der Waals surface area contributed by atoms with Crippen LogP contribution in [0.15, 0.2) is 23.2 Å². The van der Waals surface area contributed by atoms with E-state index < -0.39 is 11.6 Å². The number of halogens is 3. The topological polar surface area (TPSA) is 60.0 Å². The molecule has 134 valence electrons. The number of anilines is 1. The fourth-order valence-electron chi connectivity index (χ4n) is 2.47. The molecule has 0 aromatic heterocycles. The number of guanidine groups is 1. The molecule has 0 unspecified atom stereocenters. The molecule has 1 saturated heterocycles. The van der Waals surface area contributed by atoms with Gasteiger partial charge in [0.2, 0.25) is 5.91 Å². The van der Waals surface area contributed by atoms with Gasteiger partial charge in [0, 0.05) is 46.3 Å². The van der Waals surface area contributed by atoms with Crippen LogP contribution < -0.4 is 15.5 Å². The normalized spacial score (nSPS) is 14.9. The molecule has 1 aromatic carbocycles. The minimum atomic E-state index is -0.452. The smallest absolute Gasteiger partial charge is 0.239 e. The summed E-state index contributed by atoms with van der Waals surface area (Å²) in [5.41, 5.74) is 0.276. The fraction of sp³-hybridized carbons (Fsp3) is 0.467. The van der Waals surface area contributed by atoms with Crippen LogP contribution in [0, 0.1) is 11.6 Å². The highest BCUT2D eigenvalue weighted by Crippen LogP contribution is 2.21. The molecule has 0 aliphatic carbocycles. The summed E-state index contributed by atoms with van der Waals surface area (Å²) in [7, 11) is 3.21. The average Bonchev–Trinajstić information content (AvgIpc) is 2.58. The van der Waals surface area contributed by atoms with E-state index in [1.807, 2.05) is 4.90 Å². The highest BCUT2D eigenvalue weighted by molar-refractivity contribution is 14.0. The van der Waals surface area contributed by atoms with Crippen molar-refractivity contribution in [2.75, 3.05) is 51.7 Å². The maximum atomic E-state index is 13.8. The first-order valence-electron chi connectivity index (χ1n) is 7.41. The van der Waals surface area contributed by atoms with Gasteiger partial charge in [0.05, 0.1) is 12.2 Å². The van der Waals surface area contributed by atoms with Gasteiger partial charge in [-0.15, -0.1) is 24.0 Å². The Balaban J connectivity index is 0.00000288. The minimum Gasteiger partial charge on any atom is -0.366 e. The molecule has 2 rings (SSSR count). The highest BCUT2D eigenvalue weighted by Gasteiger charge is 2.22. The standard InChI is InChI=1S/C15H21F2N5O.HI/c1-18-14(23)10-20-15(19-2)22-7-5-21(6-8-22)13-9-11(16)3-4-12(13)17;/h3-4,9H,5-8,10H2,1-2H3,(H,18,23)(H,19,20);1H. The van der Waals surface area contributed by atoms with Crippen molar-refractivity contribution >= 4 is 41.5 Å². The van der Waals surface area contributed by atoms with Crippen molar-refractivity contribution < 1.29 is 13.6 Å². The Hall–Kier alpha value is -1.65. The third kappa shape index (κ3) is 5.18. The summed E-state index contributed by atoms with van der Waals surface area (Å²) in [5, 5.41) is 5.50. The molecule has 0 saturated carbocycles. The Morgan fingerprint density at radius 2 is 1.92 bits per heavy atom. The summed E-state index contributed by atoms with van der Waals surface area (Å²) < 4.78 is 27.1. The van der Waals surface area contributed by atoms with E-state index >= 15 is 0 Å². The SMILES string of the molecule is CN=C(NCC(=O)NC)N1CCN(c2cc(F)ccc2F)CC1.I. The number of benzene rings is 1. The largest absolute Gasteiger partial charge is 0.366 e. The van der Waals surface area contributed by atoms with E-state index in [0.717, 1.165) is 12.1 Å². The molecule has 0 spiro atoms. The van der Waals surface area contributed by atoms with E-state index in [2.05, 4.69) is 15.6 Å². The van der Waals surface area contributed by atoms with Crippen molar-refractivity contribution in [3.63, 3.8) is 0 Å². The third-order valence-corrected chi connectivity index (χ3v) is 3.73. The predicted molar refractivity (Wildman–Crippen MR) is 101 cm³/mol. The van der Waals surface area contributed by atoms with Crippen molar-refractivity contribution in [3.8, 4) is 0 Å². The van der Waals surface area contributed by atoms with Crippen LogP contribution in [0.5, 0.6) is 0 Å². The van der Waals surface area contributed by atoms with Gasteiger partial charge in [-0.2, -0.15) is 0 Å². The molecular formula is C15H22F2IN5O. The molecular weight excluding hydrogens is 431 g/mol. The van der Waals surface area contributed by atoms with Gasteiger partial charge in [0.15, 0.2) is 5.96 Å². The molecule has 0 radical (unpaired) electrons. The van der Waals surface area contributed by atoms with Gasteiger partial charge in [-0.3, -0.25) is 9.79 Å². The Bertz CT molecular complexity index is 591. The average molecular weight is 453 g/mol. The number of amides is 1. The van der Waals surface area contributed by atoms with Crippen LogP contribution in [0.1, 0.15) is 0 Å². The summed E-state index contributed by atoms with van der Waals surface area (Å²) >= 11 is 0. The van der Waals surface area contributed by atoms with E-state index in [4.69, 9.17) is 0 Å². The molecule has 2 N–H and O–H groups in total.